The minimum atomic E-state index is 0.641. The number of nitrogens with zero attached hydrogens (tertiary/aromatic N) is 1. The fraction of sp³-hybridized carbons (Fsp3) is 0. The van der Waals surface area contributed by atoms with Gasteiger partial charge in [-0.15, -0.1) is 0 Å². The van der Waals surface area contributed by atoms with Gasteiger partial charge in [-0.05, 0) is 36.4 Å². The van der Waals surface area contributed by atoms with Crippen molar-refractivity contribution >= 4 is 28.6 Å². The first-order valence-electron chi connectivity index (χ1n) is 6.83. The Balaban J connectivity index is 0.000000211. The summed E-state index contributed by atoms with van der Waals surface area (Å²) in [6, 6.07) is 25.0. The maximum absolute atomic E-state index is 5.36. The molecule has 0 atom stereocenters. The molecule has 0 spiro atoms. The fourth-order valence-corrected chi connectivity index (χ4v) is 1.91. The van der Waals surface area contributed by atoms with E-state index in [9.17, 15) is 0 Å². The second kappa shape index (κ2) is 8.54. The molecule has 3 N–H and O–H groups in total. The van der Waals surface area contributed by atoms with Crippen LogP contribution in [-0.4, -0.2) is 9.97 Å². The van der Waals surface area contributed by atoms with Crippen LogP contribution in [0.4, 0.5) is 11.4 Å². The second-order valence-electron chi connectivity index (χ2n) is 4.45. The van der Waals surface area contributed by atoms with Gasteiger partial charge in [0.1, 0.15) is 4.99 Å². The molecule has 0 fully saturated rings. The Kier molecular flexibility index (Phi) is 6.08. The highest BCUT2D eigenvalue weighted by Crippen LogP contribution is 2.07. The van der Waals surface area contributed by atoms with Crippen molar-refractivity contribution in [1.82, 2.24) is 4.98 Å². The van der Waals surface area contributed by atoms with Crippen LogP contribution < -0.4 is 11.1 Å². The number of hydrogen-bond acceptors (Lipinski definition) is 3. The Hall–Kier alpha value is -2.72. The summed E-state index contributed by atoms with van der Waals surface area (Å²) >= 11 is 5.23. The lowest BCUT2D eigenvalue weighted by molar-refractivity contribution is 1.30. The minimum Gasteiger partial charge on any atom is -0.399 e. The lowest BCUT2D eigenvalue weighted by atomic mass is 10.3. The molecule has 0 unspecified atom stereocenters. The van der Waals surface area contributed by atoms with Crippen molar-refractivity contribution in [1.29, 1.82) is 0 Å². The Morgan fingerprint density at radius 1 is 0.818 bits per heavy atom. The Bertz CT molecular complexity index is 685. The summed E-state index contributed by atoms with van der Waals surface area (Å²) in [4.78, 5) is 4.81. The third-order valence-corrected chi connectivity index (χ3v) is 3.04. The molecule has 3 rings (SSSR count). The van der Waals surface area contributed by atoms with E-state index in [0.29, 0.717) is 4.99 Å². The van der Waals surface area contributed by atoms with E-state index in [4.69, 9.17) is 18.0 Å². The molecule has 3 nitrogen and oxygen atoms in total. The third kappa shape index (κ3) is 5.34. The maximum Gasteiger partial charge on any atom is 0.129 e. The first kappa shape index (κ1) is 15.7. The molecule has 0 radical (unpaired) electrons. The van der Waals surface area contributed by atoms with Gasteiger partial charge in [0.05, 0.1) is 5.69 Å². The molecule has 0 saturated heterocycles. The van der Waals surface area contributed by atoms with Gasteiger partial charge in [-0.25, -0.2) is 0 Å². The molecule has 0 aliphatic rings. The van der Waals surface area contributed by atoms with E-state index in [1.807, 2.05) is 78.9 Å². The molecule has 110 valence electrons. The molecule has 0 saturated carbocycles. The SMILES string of the molecule is Nc1ccccc1.S=C(Nc1ccccc1)c1ccccn1. The first-order chi connectivity index (χ1) is 10.8. The summed E-state index contributed by atoms with van der Waals surface area (Å²) in [6.07, 6.45) is 1.73. The average molecular weight is 307 g/mol. The van der Waals surface area contributed by atoms with Crippen LogP contribution in [0.15, 0.2) is 85.1 Å². The van der Waals surface area contributed by atoms with Gasteiger partial charge in [-0.2, -0.15) is 0 Å². The number of aromatic nitrogens is 1. The standard InChI is InChI=1S/C12H10N2S.C6H7N/c15-12(11-8-4-5-9-13-11)14-10-6-2-1-3-7-10;7-6-4-2-1-3-5-6/h1-9H,(H,14,15);1-5H,7H2. The molecule has 1 heterocycles. The highest BCUT2D eigenvalue weighted by molar-refractivity contribution is 7.81. The van der Waals surface area contributed by atoms with Gasteiger partial charge in [0.25, 0.3) is 0 Å². The summed E-state index contributed by atoms with van der Waals surface area (Å²) in [5.41, 5.74) is 7.95. The monoisotopic (exact) mass is 307 g/mol. The predicted molar refractivity (Wildman–Crippen MR) is 96.9 cm³/mol. The Morgan fingerprint density at radius 3 is 1.91 bits per heavy atom. The van der Waals surface area contributed by atoms with Crippen LogP contribution in [0.5, 0.6) is 0 Å². The van der Waals surface area contributed by atoms with Crippen LogP contribution in [-0.2, 0) is 0 Å². The summed E-state index contributed by atoms with van der Waals surface area (Å²) < 4.78 is 0. The summed E-state index contributed by atoms with van der Waals surface area (Å²) in [6.45, 7) is 0. The van der Waals surface area contributed by atoms with Crippen LogP contribution >= 0.6 is 12.2 Å². The van der Waals surface area contributed by atoms with Crippen molar-refractivity contribution in [2.45, 2.75) is 0 Å². The molecule has 0 amide bonds. The van der Waals surface area contributed by atoms with Crippen molar-refractivity contribution in [2.75, 3.05) is 11.1 Å². The number of hydrogen-bond donors (Lipinski definition) is 2. The van der Waals surface area contributed by atoms with Gasteiger partial charge < -0.3 is 11.1 Å². The van der Waals surface area contributed by atoms with Crippen molar-refractivity contribution in [3.05, 3.63) is 90.8 Å². The van der Waals surface area contributed by atoms with Gasteiger partial charge in [-0.3, -0.25) is 4.98 Å². The van der Waals surface area contributed by atoms with Crippen molar-refractivity contribution in [3.8, 4) is 0 Å². The summed E-state index contributed by atoms with van der Waals surface area (Å²) in [5.74, 6) is 0. The number of thiocarbonyl (C=S) groups is 1. The van der Waals surface area contributed by atoms with Gasteiger partial charge in [-0.1, -0.05) is 54.7 Å². The van der Waals surface area contributed by atoms with E-state index in [0.717, 1.165) is 17.1 Å². The van der Waals surface area contributed by atoms with E-state index >= 15 is 0 Å². The van der Waals surface area contributed by atoms with Crippen molar-refractivity contribution < 1.29 is 0 Å². The maximum atomic E-state index is 5.36. The zero-order valence-electron chi connectivity index (χ0n) is 12.0. The Morgan fingerprint density at radius 2 is 1.41 bits per heavy atom. The molecule has 2 aromatic carbocycles. The molecule has 22 heavy (non-hydrogen) atoms. The number of rotatable bonds is 2. The highest BCUT2D eigenvalue weighted by atomic mass is 32.1. The zero-order chi connectivity index (χ0) is 15.6. The van der Waals surface area contributed by atoms with E-state index in [2.05, 4.69) is 10.3 Å². The molecule has 0 aliphatic heterocycles. The van der Waals surface area contributed by atoms with Crippen molar-refractivity contribution in [3.63, 3.8) is 0 Å². The van der Waals surface area contributed by atoms with E-state index in [1.54, 1.807) is 6.20 Å². The van der Waals surface area contributed by atoms with Crippen LogP contribution in [0, 0.1) is 0 Å². The second-order valence-corrected chi connectivity index (χ2v) is 4.85. The van der Waals surface area contributed by atoms with Gasteiger partial charge in [0, 0.05) is 17.6 Å². The number of nitrogens with two attached hydrogens (primary N) is 1. The zero-order valence-corrected chi connectivity index (χ0v) is 12.8. The molecule has 0 aliphatic carbocycles. The largest absolute Gasteiger partial charge is 0.399 e. The number of anilines is 2. The number of para-hydroxylation sites is 2. The quantitative estimate of drug-likeness (QED) is 0.552. The van der Waals surface area contributed by atoms with Crippen LogP contribution in [0.3, 0.4) is 0 Å². The van der Waals surface area contributed by atoms with Gasteiger partial charge >= 0.3 is 0 Å². The molecule has 4 heteroatoms. The van der Waals surface area contributed by atoms with Crippen molar-refractivity contribution in [2.24, 2.45) is 0 Å². The predicted octanol–water partition coefficient (Wildman–Crippen LogP) is 4.14. The average Bonchev–Trinajstić information content (AvgIpc) is 2.58. The van der Waals surface area contributed by atoms with E-state index < -0.39 is 0 Å². The van der Waals surface area contributed by atoms with Crippen LogP contribution in [0.25, 0.3) is 0 Å². The molecular formula is C18H17N3S. The summed E-state index contributed by atoms with van der Waals surface area (Å²) in [5, 5.41) is 3.13. The lowest BCUT2D eigenvalue weighted by Gasteiger charge is -2.06. The topological polar surface area (TPSA) is 50.9 Å². The minimum absolute atomic E-state index is 0.641. The van der Waals surface area contributed by atoms with Crippen LogP contribution in [0.2, 0.25) is 0 Å². The molecule has 0 bridgehead atoms. The normalized spacial score (nSPS) is 9.27. The fourth-order valence-electron chi connectivity index (χ4n) is 1.67. The van der Waals surface area contributed by atoms with Gasteiger partial charge in [0.2, 0.25) is 0 Å². The number of nitrogen functional groups attached to an aromatic ring is 1. The third-order valence-electron chi connectivity index (χ3n) is 2.73. The lowest BCUT2D eigenvalue weighted by Crippen LogP contribution is -2.11. The number of nitrogens with one attached hydrogen (secondary N) is 1. The molecule has 3 aromatic rings. The van der Waals surface area contributed by atoms with Crippen LogP contribution in [0.1, 0.15) is 5.69 Å². The first-order valence-corrected chi connectivity index (χ1v) is 7.24. The molecule has 1 aromatic heterocycles. The number of pyridine rings is 1. The smallest absolute Gasteiger partial charge is 0.129 e. The summed E-state index contributed by atoms with van der Waals surface area (Å²) in [7, 11) is 0. The van der Waals surface area contributed by atoms with E-state index in [1.165, 1.54) is 0 Å². The van der Waals surface area contributed by atoms with Gasteiger partial charge in [0.15, 0.2) is 0 Å². The highest BCUT2D eigenvalue weighted by Gasteiger charge is 2.00. The van der Waals surface area contributed by atoms with E-state index in [-0.39, 0.29) is 0 Å². The Labute approximate surface area is 135 Å². The number of benzene rings is 2. The molecular weight excluding hydrogens is 290 g/mol.